The Morgan fingerprint density at radius 3 is 1.93 bits per heavy atom. The lowest BCUT2D eigenvalue weighted by molar-refractivity contribution is -0.0882. The van der Waals surface area contributed by atoms with Crippen LogP contribution in [0.3, 0.4) is 0 Å². The van der Waals surface area contributed by atoms with E-state index in [-0.39, 0.29) is 18.7 Å². The molecule has 1 aromatic heterocycles. The summed E-state index contributed by atoms with van der Waals surface area (Å²) in [6, 6.07) is 21.4. The molecule has 0 unspecified atom stereocenters. The van der Waals surface area contributed by atoms with Gasteiger partial charge in [0.15, 0.2) is 0 Å². The van der Waals surface area contributed by atoms with Gasteiger partial charge in [0, 0.05) is 6.20 Å². The zero-order valence-electron chi connectivity index (χ0n) is 16.1. The standard InChI is InChI=1S/C22H25N3O4/c23-21-11-12-25(22(26)24-21)17-29-20(15-27-13-18-7-3-1-4-8-18)16-28-14-19-9-5-2-6-10-19/h1-12,20H,13-17H2,(H2,23,24,26). The quantitative estimate of drug-likeness (QED) is 0.537. The number of benzene rings is 2. The van der Waals surface area contributed by atoms with Crippen LogP contribution in [0.4, 0.5) is 5.82 Å². The molecule has 2 N–H and O–H groups in total. The first-order valence-corrected chi connectivity index (χ1v) is 9.38. The van der Waals surface area contributed by atoms with Crippen molar-refractivity contribution in [2.45, 2.75) is 26.0 Å². The smallest absolute Gasteiger partial charge is 0.351 e. The molecular formula is C22H25N3O4. The van der Waals surface area contributed by atoms with Gasteiger partial charge in [0.25, 0.3) is 0 Å². The molecule has 3 rings (SSSR count). The van der Waals surface area contributed by atoms with Crippen LogP contribution in [0, 0.1) is 0 Å². The van der Waals surface area contributed by atoms with Crippen LogP contribution in [0.25, 0.3) is 0 Å². The summed E-state index contributed by atoms with van der Waals surface area (Å²) < 4.78 is 18.8. The average molecular weight is 395 g/mol. The van der Waals surface area contributed by atoms with Crippen LogP contribution in [0.5, 0.6) is 0 Å². The first-order chi connectivity index (χ1) is 14.2. The summed E-state index contributed by atoms with van der Waals surface area (Å²) in [7, 11) is 0. The van der Waals surface area contributed by atoms with E-state index in [1.165, 1.54) is 4.57 Å². The normalized spacial score (nSPS) is 11.1. The molecule has 7 heteroatoms. The molecule has 0 aliphatic rings. The van der Waals surface area contributed by atoms with Crippen LogP contribution < -0.4 is 11.4 Å². The number of aromatic nitrogens is 2. The molecule has 3 aromatic rings. The van der Waals surface area contributed by atoms with Crippen LogP contribution in [0.15, 0.2) is 77.7 Å². The maximum Gasteiger partial charge on any atom is 0.351 e. The number of hydrogen-bond acceptors (Lipinski definition) is 6. The number of rotatable bonds is 11. The Morgan fingerprint density at radius 2 is 1.41 bits per heavy atom. The van der Waals surface area contributed by atoms with Crippen LogP contribution in [-0.4, -0.2) is 28.9 Å². The third-order valence-corrected chi connectivity index (χ3v) is 4.18. The van der Waals surface area contributed by atoms with Gasteiger partial charge < -0.3 is 19.9 Å². The van der Waals surface area contributed by atoms with Gasteiger partial charge in [-0.2, -0.15) is 4.98 Å². The zero-order chi connectivity index (χ0) is 20.3. The van der Waals surface area contributed by atoms with E-state index in [0.29, 0.717) is 26.4 Å². The Morgan fingerprint density at radius 1 is 0.862 bits per heavy atom. The Labute approximate surface area is 169 Å². The summed E-state index contributed by atoms with van der Waals surface area (Å²) in [6.07, 6.45) is 1.21. The van der Waals surface area contributed by atoms with Gasteiger partial charge in [-0.1, -0.05) is 60.7 Å². The molecule has 1 heterocycles. The number of nitrogens with two attached hydrogens (primary N) is 1. The van der Waals surface area contributed by atoms with Crippen molar-refractivity contribution < 1.29 is 14.2 Å². The van der Waals surface area contributed by atoms with E-state index < -0.39 is 5.69 Å². The van der Waals surface area contributed by atoms with Gasteiger partial charge in [-0.15, -0.1) is 0 Å². The largest absolute Gasteiger partial charge is 0.383 e. The summed E-state index contributed by atoms with van der Waals surface area (Å²) in [5.41, 5.74) is 7.22. The monoisotopic (exact) mass is 395 g/mol. The van der Waals surface area contributed by atoms with Gasteiger partial charge >= 0.3 is 5.69 Å². The fraction of sp³-hybridized carbons (Fsp3) is 0.273. The summed E-state index contributed by atoms with van der Waals surface area (Å²) in [4.78, 5) is 15.6. The van der Waals surface area contributed by atoms with Crippen LogP contribution in [0.2, 0.25) is 0 Å². The van der Waals surface area contributed by atoms with Gasteiger partial charge in [-0.25, -0.2) is 4.79 Å². The van der Waals surface area contributed by atoms with E-state index in [9.17, 15) is 4.79 Å². The van der Waals surface area contributed by atoms with Crippen molar-refractivity contribution in [2.24, 2.45) is 0 Å². The molecule has 0 spiro atoms. The first kappa shape index (κ1) is 20.7. The minimum Gasteiger partial charge on any atom is -0.383 e. The van der Waals surface area contributed by atoms with Crippen molar-refractivity contribution in [3.8, 4) is 0 Å². The van der Waals surface area contributed by atoms with Crippen molar-refractivity contribution in [1.82, 2.24) is 9.55 Å². The summed E-state index contributed by atoms with van der Waals surface area (Å²) in [6.45, 7) is 1.66. The average Bonchev–Trinajstić information content (AvgIpc) is 2.74. The lowest BCUT2D eigenvalue weighted by Crippen LogP contribution is -2.30. The molecule has 29 heavy (non-hydrogen) atoms. The second-order valence-corrected chi connectivity index (χ2v) is 6.52. The lowest BCUT2D eigenvalue weighted by atomic mass is 10.2. The van der Waals surface area contributed by atoms with Crippen LogP contribution >= 0.6 is 0 Å². The van der Waals surface area contributed by atoms with Crippen molar-refractivity contribution in [2.75, 3.05) is 18.9 Å². The highest BCUT2D eigenvalue weighted by Gasteiger charge is 2.12. The van der Waals surface area contributed by atoms with E-state index in [4.69, 9.17) is 19.9 Å². The maximum atomic E-state index is 11.9. The molecule has 0 bridgehead atoms. The molecule has 0 saturated heterocycles. The first-order valence-electron chi connectivity index (χ1n) is 9.38. The SMILES string of the molecule is Nc1ccn(COC(COCc2ccccc2)COCc2ccccc2)c(=O)n1. The minimum atomic E-state index is -0.459. The topological polar surface area (TPSA) is 88.6 Å². The molecule has 2 aromatic carbocycles. The molecule has 0 radical (unpaired) electrons. The van der Waals surface area contributed by atoms with E-state index >= 15 is 0 Å². The zero-order valence-corrected chi connectivity index (χ0v) is 16.1. The molecule has 0 fully saturated rings. The highest BCUT2D eigenvalue weighted by atomic mass is 16.6. The third kappa shape index (κ3) is 7.15. The minimum absolute atomic E-state index is 0.0418. The number of hydrogen-bond donors (Lipinski definition) is 1. The van der Waals surface area contributed by atoms with Crippen molar-refractivity contribution in [3.05, 3.63) is 94.5 Å². The van der Waals surface area contributed by atoms with E-state index in [2.05, 4.69) is 4.98 Å². The Kier molecular flexibility index (Phi) is 7.94. The van der Waals surface area contributed by atoms with Gasteiger partial charge in [0.1, 0.15) is 18.7 Å². The fourth-order valence-corrected chi connectivity index (χ4v) is 2.64. The molecule has 152 valence electrons. The number of ether oxygens (including phenoxy) is 3. The van der Waals surface area contributed by atoms with E-state index in [1.54, 1.807) is 12.3 Å². The predicted octanol–water partition coefficient (Wildman–Crippen LogP) is 2.60. The highest BCUT2D eigenvalue weighted by Crippen LogP contribution is 2.06. The third-order valence-electron chi connectivity index (χ3n) is 4.18. The van der Waals surface area contributed by atoms with E-state index in [0.717, 1.165) is 11.1 Å². The maximum absolute atomic E-state index is 11.9. The number of nitrogens with zero attached hydrogens (tertiary/aromatic N) is 2. The Bertz CT molecular complexity index is 871. The second kappa shape index (κ2) is 11.1. The van der Waals surface area contributed by atoms with Gasteiger partial charge in [-0.3, -0.25) is 4.57 Å². The predicted molar refractivity (Wildman–Crippen MR) is 110 cm³/mol. The van der Waals surface area contributed by atoms with E-state index in [1.807, 2.05) is 60.7 Å². The van der Waals surface area contributed by atoms with Gasteiger partial charge in [-0.05, 0) is 17.2 Å². The summed E-state index contributed by atoms with van der Waals surface area (Å²) in [5.74, 6) is 0.181. The molecular weight excluding hydrogens is 370 g/mol. The highest BCUT2D eigenvalue weighted by molar-refractivity contribution is 5.23. The van der Waals surface area contributed by atoms with Gasteiger partial charge in [0.05, 0.1) is 26.4 Å². The van der Waals surface area contributed by atoms with Crippen molar-refractivity contribution in [1.29, 1.82) is 0 Å². The summed E-state index contributed by atoms with van der Waals surface area (Å²) >= 11 is 0. The molecule has 0 atom stereocenters. The van der Waals surface area contributed by atoms with Crippen LogP contribution in [0.1, 0.15) is 11.1 Å². The lowest BCUT2D eigenvalue weighted by Gasteiger charge is -2.19. The number of anilines is 1. The molecule has 0 saturated carbocycles. The van der Waals surface area contributed by atoms with Gasteiger partial charge in [0.2, 0.25) is 0 Å². The van der Waals surface area contributed by atoms with Crippen molar-refractivity contribution >= 4 is 5.82 Å². The Hall–Kier alpha value is -3.00. The molecule has 0 aliphatic heterocycles. The van der Waals surface area contributed by atoms with Crippen molar-refractivity contribution in [3.63, 3.8) is 0 Å². The second-order valence-electron chi connectivity index (χ2n) is 6.52. The molecule has 0 amide bonds. The fourth-order valence-electron chi connectivity index (χ4n) is 2.64. The number of nitrogen functional groups attached to an aromatic ring is 1. The van der Waals surface area contributed by atoms with Crippen LogP contribution in [-0.2, 0) is 34.2 Å². The molecule has 7 nitrogen and oxygen atoms in total. The molecule has 0 aliphatic carbocycles. The summed E-state index contributed by atoms with van der Waals surface area (Å²) in [5, 5.41) is 0. The Balaban J connectivity index is 1.53.